The zero-order valence-corrected chi connectivity index (χ0v) is 16.6. The smallest absolute Gasteiger partial charge is 0.146 e. The van der Waals surface area contributed by atoms with Gasteiger partial charge in [0, 0.05) is 5.92 Å². The predicted molar refractivity (Wildman–Crippen MR) is 101 cm³/mol. The van der Waals surface area contributed by atoms with E-state index in [1.54, 1.807) is 0 Å². The van der Waals surface area contributed by atoms with E-state index in [1.807, 2.05) is 19.9 Å². The van der Waals surface area contributed by atoms with Crippen LogP contribution in [0.4, 0.5) is 0 Å². The average Bonchev–Trinajstić information content (AvgIpc) is 2.56. The van der Waals surface area contributed by atoms with Gasteiger partial charge < -0.3 is 9.90 Å². The molecule has 1 N–H and O–H groups in total. The maximum absolute atomic E-state index is 11.8. The fraction of sp³-hybridized carbons (Fsp3) is 0.714. The Bertz CT molecular complexity index is 584. The van der Waals surface area contributed by atoms with Gasteiger partial charge in [0.2, 0.25) is 0 Å². The van der Waals surface area contributed by atoms with Crippen molar-refractivity contribution in [3.63, 3.8) is 0 Å². The van der Waals surface area contributed by atoms with Gasteiger partial charge in [-0.05, 0) is 60.8 Å². The third-order valence-corrected chi connectivity index (χ3v) is 7.89. The Labute approximate surface area is 156 Å². The van der Waals surface area contributed by atoms with E-state index in [9.17, 15) is 14.7 Å². The molecule has 0 radical (unpaired) electrons. The van der Waals surface area contributed by atoms with Crippen LogP contribution in [-0.4, -0.2) is 29.2 Å². The lowest BCUT2D eigenvalue weighted by molar-refractivity contribution is -0.131. The molecule has 25 heavy (non-hydrogen) atoms. The summed E-state index contributed by atoms with van der Waals surface area (Å²) < 4.78 is 0. The minimum Gasteiger partial charge on any atom is -0.392 e. The highest BCUT2D eigenvalue weighted by atomic mass is 35.5. The standard InChI is InChI=1S/C21H31ClO3/c1-13(2)14(3)8-9-20(4)18-7-6-15(11-23)16(12-24)21(18,5)10-17(25)19(20)22/h6,11-12,14,16-19,25H,1,7-10H2,2-5H3/t14-,16-,17-,18-,19-,20+,21+/m0/s1. The monoisotopic (exact) mass is 366 g/mol. The second kappa shape index (κ2) is 7.36. The quantitative estimate of drug-likeness (QED) is 0.432. The van der Waals surface area contributed by atoms with Gasteiger partial charge in [-0.25, -0.2) is 0 Å². The lowest BCUT2D eigenvalue weighted by Gasteiger charge is -2.59. The van der Waals surface area contributed by atoms with Crippen molar-refractivity contribution >= 4 is 24.2 Å². The number of aliphatic hydroxyl groups excluding tert-OH is 1. The van der Waals surface area contributed by atoms with Crippen molar-refractivity contribution in [1.29, 1.82) is 0 Å². The fourth-order valence-corrected chi connectivity index (χ4v) is 5.52. The number of carbonyl (C=O) groups excluding carboxylic acids is 2. The molecule has 4 heteroatoms. The summed E-state index contributed by atoms with van der Waals surface area (Å²) in [5.41, 5.74) is 0.945. The molecule has 0 aromatic rings. The maximum atomic E-state index is 11.8. The molecular formula is C21H31ClO3. The number of carbonyl (C=O) groups is 2. The minimum absolute atomic E-state index is 0.155. The van der Waals surface area contributed by atoms with Crippen LogP contribution in [-0.2, 0) is 9.59 Å². The van der Waals surface area contributed by atoms with E-state index in [0.29, 0.717) is 17.9 Å². The second-order valence-corrected chi connectivity index (χ2v) is 9.17. The summed E-state index contributed by atoms with van der Waals surface area (Å²) >= 11 is 6.73. The van der Waals surface area contributed by atoms with Crippen LogP contribution in [0, 0.1) is 28.6 Å². The van der Waals surface area contributed by atoms with E-state index in [2.05, 4.69) is 20.4 Å². The van der Waals surface area contributed by atoms with Crippen molar-refractivity contribution in [2.45, 2.75) is 64.9 Å². The zero-order chi connectivity index (χ0) is 19.0. The molecule has 0 saturated heterocycles. The molecule has 1 saturated carbocycles. The molecule has 0 aromatic heterocycles. The molecule has 3 nitrogen and oxygen atoms in total. The first kappa shape index (κ1) is 20.4. The molecular weight excluding hydrogens is 336 g/mol. The first-order valence-electron chi connectivity index (χ1n) is 9.19. The van der Waals surface area contributed by atoms with Crippen LogP contribution in [0.25, 0.3) is 0 Å². The predicted octanol–water partition coefficient (Wildman–Crippen LogP) is 4.32. The summed E-state index contributed by atoms with van der Waals surface area (Å²) in [5.74, 6) is 0.0696. The molecule has 2 aliphatic carbocycles. The van der Waals surface area contributed by atoms with Gasteiger partial charge in [0.1, 0.15) is 12.6 Å². The number of rotatable bonds is 6. The Hall–Kier alpha value is -0.930. The van der Waals surface area contributed by atoms with Crippen molar-refractivity contribution in [2.24, 2.45) is 28.6 Å². The summed E-state index contributed by atoms with van der Waals surface area (Å²) in [5, 5.41) is 10.3. The van der Waals surface area contributed by atoms with Gasteiger partial charge in [0.25, 0.3) is 0 Å². The number of aldehydes is 2. The first-order chi connectivity index (χ1) is 11.6. The largest absolute Gasteiger partial charge is 0.392 e. The summed E-state index contributed by atoms with van der Waals surface area (Å²) in [6.07, 6.45) is 5.88. The van der Waals surface area contributed by atoms with Crippen molar-refractivity contribution in [1.82, 2.24) is 0 Å². The number of hydrogen-bond acceptors (Lipinski definition) is 3. The third-order valence-electron chi connectivity index (χ3n) is 7.10. The Balaban J connectivity index is 2.42. The SMILES string of the molecule is C=C(C)[C@@H](C)CC[C@]1(C)[C@@H]2CC=C(C=O)[C@H](C=O)[C@@]2(C)C[C@H](O)[C@@H]1Cl. The Morgan fingerprint density at radius 3 is 2.64 bits per heavy atom. The lowest BCUT2D eigenvalue weighted by atomic mass is 9.46. The normalized spacial score (nSPS) is 42.1. The lowest BCUT2D eigenvalue weighted by Crippen LogP contribution is -2.59. The fourth-order valence-electron chi connectivity index (χ4n) is 5.17. The van der Waals surface area contributed by atoms with Crippen LogP contribution < -0.4 is 0 Å². The number of fused-ring (bicyclic) bond motifs is 1. The van der Waals surface area contributed by atoms with E-state index >= 15 is 0 Å². The van der Waals surface area contributed by atoms with Gasteiger partial charge in [-0.15, -0.1) is 11.6 Å². The van der Waals surface area contributed by atoms with Crippen LogP contribution in [0.15, 0.2) is 23.8 Å². The molecule has 1 fully saturated rings. The molecule has 2 rings (SSSR count). The van der Waals surface area contributed by atoms with Crippen molar-refractivity contribution in [3.05, 3.63) is 23.8 Å². The Kier molecular flexibility index (Phi) is 6.00. The number of hydrogen-bond donors (Lipinski definition) is 1. The minimum atomic E-state index is -0.679. The topological polar surface area (TPSA) is 54.4 Å². The summed E-state index contributed by atoms with van der Waals surface area (Å²) in [4.78, 5) is 23.2. The van der Waals surface area contributed by atoms with Crippen LogP contribution >= 0.6 is 11.6 Å². The molecule has 0 bridgehead atoms. The number of alkyl halides is 1. The van der Waals surface area contributed by atoms with Gasteiger partial charge in [0.15, 0.2) is 0 Å². The van der Waals surface area contributed by atoms with Gasteiger partial charge in [-0.2, -0.15) is 0 Å². The molecule has 0 spiro atoms. The summed E-state index contributed by atoms with van der Waals surface area (Å²) in [6.45, 7) is 12.4. The molecule has 0 unspecified atom stereocenters. The first-order valence-corrected chi connectivity index (χ1v) is 9.63. The van der Waals surface area contributed by atoms with E-state index in [-0.39, 0.29) is 16.7 Å². The van der Waals surface area contributed by atoms with Gasteiger partial charge >= 0.3 is 0 Å². The van der Waals surface area contributed by atoms with E-state index < -0.39 is 17.4 Å². The van der Waals surface area contributed by atoms with Gasteiger partial charge in [0.05, 0.1) is 11.5 Å². The van der Waals surface area contributed by atoms with E-state index in [1.165, 1.54) is 0 Å². The van der Waals surface area contributed by atoms with E-state index in [0.717, 1.165) is 37.4 Å². The number of allylic oxidation sites excluding steroid dienone is 3. The highest BCUT2D eigenvalue weighted by Gasteiger charge is 2.59. The molecule has 0 aromatic carbocycles. The van der Waals surface area contributed by atoms with Crippen LogP contribution in [0.1, 0.15) is 53.4 Å². The van der Waals surface area contributed by atoms with Crippen LogP contribution in [0.3, 0.4) is 0 Å². The molecule has 0 amide bonds. The van der Waals surface area contributed by atoms with Gasteiger partial charge in [-0.3, -0.25) is 4.79 Å². The second-order valence-electron chi connectivity index (χ2n) is 8.69. The highest BCUT2D eigenvalue weighted by Crippen LogP contribution is 2.62. The zero-order valence-electron chi connectivity index (χ0n) is 15.8. The molecule has 2 aliphatic rings. The molecule has 0 aliphatic heterocycles. The molecule has 140 valence electrons. The maximum Gasteiger partial charge on any atom is 0.146 e. The van der Waals surface area contributed by atoms with Crippen LogP contribution in [0.5, 0.6) is 0 Å². The number of aliphatic hydroxyl groups is 1. The summed E-state index contributed by atoms with van der Waals surface area (Å²) in [6, 6.07) is 0. The van der Waals surface area contributed by atoms with Gasteiger partial charge in [-0.1, -0.05) is 39.0 Å². The Morgan fingerprint density at radius 2 is 2.12 bits per heavy atom. The van der Waals surface area contributed by atoms with Crippen LogP contribution in [0.2, 0.25) is 0 Å². The van der Waals surface area contributed by atoms with Crippen molar-refractivity contribution in [3.8, 4) is 0 Å². The Morgan fingerprint density at radius 1 is 1.48 bits per heavy atom. The van der Waals surface area contributed by atoms with Crippen molar-refractivity contribution in [2.75, 3.05) is 0 Å². The van der Waals surface area contributed by atoms with E-state index in [4.69, 9.17) is 11.6 Å². The summed E-state index contributed by atoms with van der Waals surface area (Å²) in [7, 11) is 0. The average molecular weight is 367 g/mol. The molecule has 7 atom stereocenters. The highest BCUT2D eigenvalue weighted by molar-refractivity contribution is 6.21. The number of halogens is 1. The third kappa shape index (κ3) is 3.38. The molecule has 0 heterocycles. The van der Waals surface area contributed by atoms with Crippen molar-refractivity contribution < 1.29 is 14.7 Å².